The van der Waals surface area contributed by atoms with Crippen molar-refractivity contribution in [3.63, 3.8) is 0 Å². The van der Waals surface area contributed by atoms with E-state index in [1.165, 1.54) is 0 Å². The van der Waals surface area contributed by atoms with E-state index in [0.29, 0.717) is 31.4 Å². The van der Waals surface area contributed by atoms with Crippen molar-refractivity contribution in [2.45, 2.75) is 38.7 Å². The van der Waals surface area contributed by atoms with Gasteiger partial charge in [-0.15, -0.1) is 0 Å². The molecule has 0 bridgehead atoms. The average molecular weight is 565 g/mol. The minimum absolute atomic E-state index is 0.102. The quantitative estimate of drug-likeness (QED) is 0.285. The molecule has 7 heterocycles. The number of halogens is 2. The van der Waals surface area contributed by atoms with Gasteiger partial charge in [-0.1, -0.05) is 13.8 Å². The Kier molecular flexibility index (Phi) is 6.57. The van der Waals surface area contributed by atoms with E-state index in [1.54, 1.807) is 35.9 Å². The number of pyridine rings is 4. The Morgan fingerprint density at radius 2 is 1.74 bits per heavy atom. The third kappa shape index (κ3) is 4.96. The van der Waals surface area contributed by atoms with Crippen LogP contribution in [0.25, 0.3) is 33.3 Å². The lowest BCUT2D eigenvalue weighted by atomic mass is 9.89. The van der Waals surface area contributed by atoms with Crippen LogP contribution in [0, 0.1) is 5.92 Å². The van der Waals surface area contributed by atoms with Gasteiger partial charge in [0.15, 0.2) is 5.82 Å². The molecule has 212 valence electrons. The zero-order valence-electron chi connectivity index (χ0n) is 23.4. The van der Waals surface area contributed by atoms with Gasteiger partial charge in [0.1, 0.15) is 5.71 Å². The van der Waals surface area contributed by atoms with Crippen molar-refractivity contribution in [3.8, 4) is 22.3 Å². The first-order valence-corrected chi connectivity index (χ1v) is 14.2. The molecule has 0 aliphatic carbocycles. The Morgan fingerprint density at radius 3 is 2.55 bits per heavy atom. The number of fused-ring (bicyclic) bond motifs is 2. The van der Waals surface area contributed by atoms with Crippen LogP contribution in [0.15, 0.2) is 72.6 Å². The van der Waals surface area contributed by atoms with Crippen LogP contribution in [0.3, 0.4) is 0 Å². The molecule has 1 N–H and O–H groups in total. The predicted octanol–water partition coefficient (Wildman–Crippen LogP) is 5.91. The number of hydrogen-bond donors (Lipinski definition) is 1. The molecular formula is C32H30F2N8. The first-order valence-electron chi connectivity index (χ1n) is 14.2. The van der Waals surface area contributed by atoms with Crippen LogP contribution in [0.5, 0.6) is 0 Å². The predicted molar refractivity (Wildman–Crippen MR) is 158 cm³/mol. The molecule has 8 nitrogen and oxygen atoms in total. The number of aliphatic imine (C=N–C) groups is 1. The van der Waals surface area contributed by atoms with Gasteiger partial charge in [0.25, 0.3) is 5.92 Å². The van der Waals surface area contributed by atoms with Crippen molar-refractivity contribution in [3.05, 3.63) is 90.3 Å². The van der Waals surface area contributed by atoms with Gasteiger partial charge < -0.3 is 4.98 Å². The van der Waals surface area contributed by atoms with Crippen molar-refractivity contribution in [2.24, 2.45) is 10.9 Å². The maximum Gasteiger partial charge on any atom is 0.261 e. The Bertz CT molecular complexity index is 1800. The van der Waals surface area contributed by atoms with E-state index in [1.807, 2.05) is 30.6 Å². The number of aromatic amines is 1. The van der Waals surface area contributed by atoms with Gasteiger partial charge in [-0.05, 0) is 41.3 Å². The highest BCUT2D eigenvalue weighted by atomic mass is 19.3. The Balaban J connectivity index is 1.28. The minimum atomic E-state index is -2.62. The molecule has 0 spiro atoms. The maximum atomic E-state index is 13.8. The van der Waals surface area contributed by atoms with Gasteiger partial charge in [0.2, 0.25) is 0 Å². The van der Waals surface area contributed by atoms with Gasteiger partial charge in [-0.3, -0.25) is 29.8 Å². The summed E-state index contributed by atoms with van der Waals surface area (Å²) in [6.45, 7) is 5.62. The summed E-state index contributed by atoms with van der Waals surface area (Å²) in [5, 5.41) is 0. The number of nitrogens with zero attached hydrogens (tertiary/aromatic N) is 7. The van der Waals surface area contributed by atoms with E-state index in [4.69, 9.17) is 15.0 Å². The lowest BCUT2D eigenvalue weighted by molar-refractivity contribution is 0.0115. The molecule has 2 atom stereocenters. The van der Waals surface area contributed by atoms with Crippen LogP contribution >= 0.6 is 0 Å². The lowest BCUT2D eigenvalue weighted by Gasteiger charge is -2.18. The molecule has 1 saturated heterocycles. The molecule has 2 unspecified atom stereocenters. The van der Waals surface area contributed by atoms with E-state index in [2.05, 4.69) is 39.8 Å². The monoisotopic (exact) mass is 564 g/mol. The number of rotatable bonds is 5. The molecule has 5 aromatic heterocycles. The number of likely N-dealkylation sites (tertiary alicyclic amines) is 1. The van der Waals surface area contributed by atoms with Gasteiger partial charge >= 0.3 is 0 Å². The van der Waals surface area contributed by atoms with Gasteiger partial charge in [-0.25, -0.2) is 13.8 Å². The summed E-state index contributed by atoms with van der Waals surface area (Å²) in [5.74, 6) is -1.48. The highest BCUT2D eigenvalue weighted by molar-refractivity contribution is 6.13. The number of hydrogen-bond acceptors (Lipinski definition) is 7. The third-order valence-corrected chi connectivity index (χ3v) is 8.39. The topological polar surface area (TPSA) is 95.8 Å². The Morgan fingerprint density at radius 1 is 0.929 bits per heavy atom. The molecule has 2 aliphatic heterocycles. The molecule has 5 aromatic rings. The molecule has 0 aromatic carbocycles. The third-order valence-electron chi connectivity index (χ3n) is 8.39. The summed E-state index contributed by atoms with van der Waals surface area (Å²) < 4.78 is 27.5. The molecule has 10 heteroatoms. The molecular weight excluding hydrogens is 534 g/mol. The standard InChI is InChI=1S/C32H30F2N8/c1-19-11-38-30(31-40-27-16-37-15-26(29(27)41-31)22-3-6-35-7-4-22)25-10-24(14-39-28(25)20(19)2)23-9-21(12-36-13-23)17-42-8-5-32(33,34)18-42/h3-4,6-7,9-10,12-16,19-20H,5,8,11,17-18H2,1-2H3,(H,40,41). The number of imidazole rings is 1. The van der Waals surface area contributed by atoms with E-state index >= 15 is 0 Å². The fourth-order valence-electron chi connectivity index (χ4n) is 5.86. The van der Waals surface area contributed by atoms with E-state index in [9.17, 15) is 8.78 Å². The zero-order chi connectivity index (χ0) is 28.8. The van der Waals surface area contributed by atoms with Crippen LogP contribution in [-0.2, 0) is 6.54 Å². The summed E-state index contributed by atoms with van der Waals surface area (Å²) >= 11 is 0. The minimum Gasteiger partial charge on any atom is -0.335 e. The van der Waals surface area contributed by atoms with E-state index in [-0.39, 0.29) is 18.9 Å². The van der Waals surface area contributed by atoms with Crippen LogP contribution in [0.2, 0.25) is 0 Å². The fraction of sp³-hybridized carbons (Fsp3) is 0.312. The molecule has 0 radical (unpaired) electrons. The summed E-state index contributed by atoms with van der Waals surface area (Å²) in [7, 11) is 0. The summed E-state index contributed by atoms with van der Waals surface area (Å²) in [6.07, 6.45) is 12.4. The maximum absolute atomic E-state index is 13.8. The van der Waals surface area contributed by atoms with Crippen molar-refractivity contribution in [2.75, 3.05) is 19.6 Å². The highest BCUT2D eigenvalue weighted by Crippen LogP contribution is 2.34. The molecule has 2 aliphatic rings. The van der Waals surface area contributed by atoms with Crippen LogP contribution in [0.1, 0.15) is 48.8 Å². The second-order valence-electron chi connectivity index (χ2n) is 11.4. The van der Waals surface area contributed by atoms with Gasteiger partial charge in [0.05, 0.1) is 29.5 Å². The van der Waals surface area contributed by atoms with Gasteiger partial charge in [-0.2, -0.15) is 0 Å². The molecule has 1 fully saturated rings. The van der Waals surface area contributed by atoms with Crippen LogP contribution in [0.4, 0.5) is 8.78 Å². The van der Waals surface area contributed by atoms with Crippen molar-refractivity contribution >= 4 is 16.7 Å². The smallest absolute Gasteiger partial charge is 0.261 e. The van der Waals surface area contributed by atoms with E-state index < -0.39 is 5.92 Å². The fourth-order valence-corrected chi connectivity index (χ4v) is 5.86. The average Bonchev–Trinajstić information content (AvgIpc) is 3.56. The first-order chi connectivity index (χ1) is 20.3. The van der Waals surface area contributed by atoms with Crippen molar-refractivity contribution in [1.29, 1.82) is 0 Å². The number of H-pyrrole nitrogens is 1. The van der Waals surface area contributed by atoms with Crippen LogP contribution < -0.4 is 0 Å². The molecule has 0 amide bonds. The van der Waals surface area contributed by atoms with Gasteiger partial charge in [0, 0.05) is 91.4 Å². The zero-order valence-corrected chi connectivity index (χ0v) is 23.4. The van der Waals surface area contributed by atoms with Crippen LogP contribution in [-0.4, -0.2) is 66.1 Å². The number of aromatic nitrogens is 6. The lowest BCUT2D eigenvalue weighted by Crippen LogP contribution is -2.24. The molecule has 0 saturated carbocycles. The molecule has 42 heavy (non-hydrogen) atoms. The first kappa shape index (κ1) is 26.5. The largest absolute Gasteiger partial charge is 0.335 e. The molecule has 7 rings (SSSR count). The second kappa shape index (κ2) is 10.4. The summed E-state index contributed by atoms with van der Waals surface area (Å²) in [6, 6.07) is 8.01. The highest BCUT2D eigenvalue weighted by Gasteiger charge is 2.38. The van der Waals surface area contributed by atoms with Crippen molar-refractivity contribution < 1.29 is 8.78 Å². The number of nitrogens with one attached hydrogen (secondary N) is 1. The Labute approximate surface area is 242 Å². The Hall–Kier alpha value is -4.44. The second-order valence-corrected chi connectivity index (χ2v) is 11.4. The SMILES string of the molecule is CC1CN=C(c2nc3c(-c4ccncc4)cncc3[nH]2)c2cc(-c3cncc(CN4CCC(F)(F)C4)c3)cnc2C1C. The van der Waals surface area contributed by atoms with Crippen molar-refractivity contribution in [1.82, 2.24) is 34.8 Å². The van der Waals surface area contributed by atoms with E-state index in [0.717, 1.165) is 55.8 Å². The summed E-state index contributed by atoms with van der Waals surface area (Å²) in [5.41, 5.74) is 8.85. The normalized spacial score (nSPS) is 20.3. The number of alkyl halides is 2. The summed E-state index contributed by atoms with van der Waals surface area (Å²) in [4.78, 5) is 33.3.